The second-order valence-corrected chi connectivity index (χ2v) is 9.52. The molecular weight excluding hydrogens is 480 g/mol. The monoisotopic (exact) mass is 502 g/mol. The lowest BCUT2D eigenvalue weighted by Gasteiger charge is -2.40. The molecule has 0 aliphatic carbocycles. The Labute approximate surface area is 209 Å². The first-order valence-corrected chi connectivity index (χ1v) is 12.3. The van der Waals surface area contributed by atoms with Crippen LogP contribution in [0.4, 0.5) is 11.4 Å². The van der Waals surface area contributed by atoms with E-state index in [4.69, 9.17) is 4.42 Å². The molecule has 3 aromatic heterocycles. The van der Waals surface area contributed by atoms with Crippen LogP contribution in [0.3, 0.4) is 0 Å². The van der Waals surface area contributed by atoms with Gasteiger partial charge in [-0.3, -0.25) is 15.0 Å². The van der Waals surface area contributed by atoms with Crippen molar-refractivity contribution in [2.75, 3.05) is 31.1 Å². The summed E-state index contributed by atoms with van der Waals surface area (Å²) in [5.41, 5.74) is 2.07. The number of furan rings is 1. The Kier molecular flexibility index (Phi) is 5.62. The zero-order valence-corrected chi connectivity index (χ0v) is 19.9. The molecule has 1 saturated heterocycles. The number of nitro benzene ring substituents is 1. The first-order valence-electron chi connectivity index (χ1n) is 11.5. The summed E-state index contributed by atoms with van der Waals surface area (Å²) < 4.78 is 6.82. The van der Waals surface area contributed by atoms with Crippen LogP contribution in [0.1, 0.15) is 16.5 Å². The van der Waals surface area contributed by atoms with E-state index in [9.17, 15) is 15.2 Å². The van der Waals surface area contributed by atoms with Gasteiger partial charge in [0.15, 0.2) is 5.76 Å². The van der Waals surface area contributed by atoms with Crippen molar-refractivity contribution in [1.29, 1.82) is 0 Å². The van der Waals surface area contributed by atoms with Crippen molar-refractivity contribution in [3.63, 3.8) is 0 Å². The molecule has 1 aliphatic rings. The molecule has 182 valence electrons. The topological polar surface area (TPSA) is 113 Å². The number of anilines is 1. The fourth-order valence-electron chi connectivity index (χ4n) is 4.62. The number of nitro groups is 1. The van der Waals surface area contributed by atoms with E-state index in [0.29, 0.717) is 21.4 Å². The van der Waals surface area contributed by atoms with Gasteiger partial charge >= 0.3 is 0 Å². The van der Waals surface area contributed by atoms with E-state index in [1.54, 1.807) is 30.5 Å². The maximum Gasteiger partial charge on any atom is 0.269 e. The van der Waals surface area contributed by atoms with Gasteiger partial charge in [0.1, 0.15) is 0 Å². The highest BCUT2D eigenvalue weighted by Gasteiger charge is 2.32. The third kappa shape index (κ3) is 3.97. The third-order valence-corrected chi connectivity index (χ3v) is 7.48. The van der Waals surface area contributed by atoms with Crippen molar-refractivity contribution in [2.45, 2.75) is 6.04 Å². The fourth-order valence-corrected chi connectivity index (χ4v) is 5.74. The highest BCUT2D eigenvalue weighted by molar-refractivity contribution is 7.17. The second kappa shape index (κ2) is 9.10. The number of aromatic hydroxyl groups is 1. The van der Waals surface area contributed by atoms with Gasteiger partial charge in [-0.05, 0) is 29.8 Å². The molecule has 2 aromatic carbocycles. The number of hydrogen-bond donors (Lipinski definition) is 1. The Morgan fingerprint density at radius 2 is 1.75 bits per heavy atom. The number of nitrogens with zero attached hydrogens (tertiary/aromatic N) is 6. The summed E-state index contributed by atoms with van der Waals surface area (Å²) in [5.74, 6) is 0.932. The molecule has 6 rings (SSSR count). The molecule has 0 bridgehead atoms. The largest absolute Gasteiger partial charge is 0.492 e. The third-order valence-electron chi connectivity index (χ3n) is 6.41. The van der Waals surface area contributed by atoms with Crippen molar-refractivity contribution < 1.29 is 14.4 Å². The quantitative estimate of drug-likeness (QED) is 0.265. The SMILES string of the molecule is O=[N+]([O-])c1ccc([C@@H](c2sc3nc(-c4ccco4)nn3c2O)N2CCN(c3ccccc3)CC2)cc1. The molecule has 1 aliphatic heterocycles. The van der Waals surface area contributed by atoms with Crippen molar-refractivity contribution in [3.8, 4) is 17.5 Å². The van der Waals surface area contributed by atoms with Gasteiger partial charge in [-0.15, -0.1) is 5.10 Å². The van der Waals surface area contributed by atoms with E-state index in [2.05, 4.69) is 32.0 Å². The molecule has 0 radical (unpaired) electrons. The molecule has 5 aromatic rings. The molecule has 10 nitrogen and oxygen atoms in total. The van der Waals surface area contributed by atoms with E-state index >= 15 is 0 Å². The Morgan fingerprint density at radius 3 is 2.39 bits per heavy atom. The summed E-state index contributed by atoms with van der Waals surface area (Å²) in [7, 11) is 0. The number of piperazine rings is 1. The van der Waals surface area contributed by atoms with E-state index < -0.39 is 4.92 Å². The van der Waals surface area contributed by atoms with Gasteiger partial charge in [0.2, 0.25) is 16.7 Å². The number of thiazole rings is 1. The number of non-ortho nitro benzene ring substituents is 1. The molecule has 11 heteroatoms. The van der Waals surface area contributed by atoms with Crippen molar-refractivity contribution in [1.82, 2.24) is 19.5 Å². The zero-order valence-electron chi connectivity index (χ0n) is 19.1. The summed E-state index contributed by atoms with van der Waals surface area (Å²) in [6.45, 7) is 3.14. The van der Waals surface area contributed by atoms with Crippen LogP contribution in [0.2, 0.25) is 0 Å². The summed E-state index contributed by atoms with van der Waals surface area (Å²) >= 11 is 1.35. The molecule has 36 heavy (non-hydrogen) atoms. The molecule has 0 amide bonds. The molecular formula is C25H22N6O4S. The van der Waals surface area contributed by atoms with Gasteiger partial charge < -0.3 is 14.4 Å². The maximum absolute atomic E-state index is 11.2. The number of hydrogen-bond acceptors (Lipinski definition) is 9. The van der Waals surface area contributed by atoms with Crippen LogP contribution in [-0.2, 0) is 0 Å². The number of benzene rings is 2. The molecule has 1 N–H and O–H groups in total. The van der Waals surface area contributed by atoms with Gasteiger partial charge in [-0.25, -0.2) is 0 Å². The summed E-state index contributed by atoms with van der Waals surface area (Å²) in [5, 5.41) is 26.9. The van der Waals surface area contributed by atoms with Crippen LogP contribution in [0.5, 0.6) is 5.88 Å². The van der Waals surface area contributed by atoms with Crippen molar-refractivity contribution >= 4 is 27.7 Å². The van der Waals surface area contributed by atoms with Gasteiger partial charge in [0.05, 0.1) is 22.1 Å². The highest BCUT2D eigenvalue weighted by atomic mass is 32.1. The van der Waals surface area contributed by atoms with E-state index in [-0.39, 0.29) is 17.6 Å². The molecule has 1 fully saturated rings. The first kappa shape index (κ1) is 22.3. The second-order valence-electron chi connectivity index (χ2n) is 8.51. The Hall–Kier alpha value is -4.22. The molecule has 0 spiro atoms. The van der Waals surface area contributed by atoms with Gasteiger partial charge in [0, 0.05) is 44.0 Å². The predicted molar refractivity (Wildman–Crippen MR) is 135 cm³/mol. The van der Waals surface area contributed by atoms with Crippen LogP contribution < -0.4 is 4.90 Å². The molecule has 4 heterocycles. The molecule has 0 saturated carbocycles. The summed E-state index contributed by atoms with van der Waals surface area (Å²) in [6.07, 6.45) is 1.55. The van der Waals surface area contributed by atoms with Gasteiger partial charge in [-0.2, -0.15) is 9.50 Å². The Morgan fingerprint density at radius 1 is 1.00 bits per heavy atom. The molecule has 1 atom stereocenters. The maximum atomic E-state index is 11.2. The minimum atomic E-state index is -0.409. The highest BCUT2D eigenvalue weighted by Crippen LogP contribution is 2.41. The number of fused-ring (bicyclic) bond motifs is 1. The lowest BCUT2D eigenvalue weighted by molar-refractivity contribution is -0.384. The van der Waals surface area contributed by atoms with E-state index in [0.717, 1.165) is 31.7 Å². The van der Waals surface area contributed by atoms with Crippen molar-refractivity contribution in [2.24, 2.45) is 0 Å². The van der Waals surface area contributed by atoms with Crippen LogP contribution in [0.15, 0.2) is 77.4 Å². The summed E-state index contributed by atoms with van der Waals surface area (Å²) in [4.78, 5) is 21.2. The minimum absolute atomic E-state index is 0.00847. The average Bonchev–Trinajstić information content (AvgIpc) is 3.65. The fraction of sp³-hybridized carbons (Fsp3) is 0.200. The first-order chi connectivity index (χ1) is 17.6. The minimum Gasteiger partial charge on any atom is -0.492 e. The predicted octanol–water partition coefficient (Wildman–Crippen LogP) is 4.58. The van der Waals surface area contributed by atoms with E-state index in [1.807, 2.05) is 18.2 Å². The van der Waals surface area contributed by atoms with Crippen LogP contribution >= 0.6 is 11.3 Å². The lowest BCUT2D eigenvalue weighted by atomic mass is 10.0. The van der Waals surface area contributed by atoms with Gasteiger partial charge in [0.25, 0.3) is 5.69 Å². The number of para-hydroxylation sites is 1. The lowest BCUT2D eigenvalue weighted by Crippen LogP contribution is -2.47. The van der Waals surface area contributed by atoms with Crippen LogP contribution in [0.25, 0.3) is 16.5 Å². The Bertz CT molecular complexity index is 1490. The summed E-state index contributed by atoms with van der Waals surface area (Å²) in [6, 6.07) is 20.0. The average molecular weight is 503 g/mol. The standard InChI is InChI=1S/C25H22N6O4S/c32-24-22(36-25-26-23(27-30(24)25)20-7-4-16-35-20)21(17-8-10-19(11-9-17)31(33)34)29-14-12-28(13-15-29)18-5-2-1-3-6-18/h1-11,16,21,32H,12-15H2/t21-/m0/s1. The normalized spacial score (nSPS) is 15.4. The van der Waals surface area contributed by atoms with Crippen LogP contribution in [0, 0.1) is 10.1 Å². The number of aromatic nitrogens is 3. The van der Waals surface area contributed by atoms with Gasteiger partial charge in [-0.1, -0.05) is 41.7 Å². The smallest absolute Gasteiger partial charge is 0.269 e. The van der Waals surface area contributed by atoms with E-state index in [1.165, 1.54) is 33.7 Å². The Balaban J connectivity index is 1.35. The molecule has 0 unspecified atom stereocenters. The van der Waals surface area contributed by atoms with Crippen LogP contribution in [-0.4, -0.2) is 55.7 Å². The number of rotatable bonds is 6. The van der Waals surface area contributed by atoms with Crippen molar-refractivity contribution in [3.05, 3.63) is 93.5 Å². The zero-order chi connectivity index (χ0) is 24.6.